The molecule has 16 heavy (non-hydrogen) atoms. The molecule has 0 N–H and O–H groups in total. The minimum Gasteiger partial charge on any atom is -0.441 e. The van der Waals surface area contributed by atoms with Gasteiger partial charge in [0.2, 0.25) is 5.89 Å². The Hall–Kier alpha value is -1.57. The van der Waals surface area contributed by atoms with Crippen LogP contribution >= 0.6 is 0 Å². The molecule has 1 aromatic carbocycles. The Morgan fingerprint density at radius 3 is 2.19 bits per heavy atom. The summed E-state index contributed by atoms with van der Waals surface area (Å²) in [6.07, 6.45) is 0. The highest BCUT2D eigenvalue weighted by atomic mass is 16.4. The van der Waals surface area contributed by atoms with Crippen LogP contribution in [0.2, 0.25) is 0 Å². The molecule has 0 amide bonds. The number of rotatable bonds is 1. The summed E-state index contributed by atoms with van der Waals surface area (Å²) in [5.74, 6) is 1.62. The fourth-order valence-electron chi connectivity index (χ4n) is 1.80. The minimum absolute atomic E-state index is 0.0284. The number of benzene rings is 1. The predicted molar refractivity (Wildman–Crippen MR) is 65.4 cm³/mol. The van der Waals surface area contributed by atoms with Crippen molar-refractivity contribution in [3.8, 4) is 11.5 Å². The van der Waals surface area contributed by atoms with Gasteiger partial charge in [-0.1, -0.05) is 39.0 Å². The fourth-order valence-corrected chi connectivity index (χ4v) is 1.80. The first kappa shape index (κ1) is 10.9. The van der Waals surface area contributed by atoms with E-state index in [0.29, 0.717) is 5.89 Å². The third-order valence-electron chi connectivity index (χ3n) is 2.53. The van der Waals surface area contributed by atoms with Gasteiger partial charge in [-0.05, 0) is 19.1 Å². The van der Waals surface area contributed by atoms with Gasteiger partial charge >= 0.3 is 0 Å². The highest BCUT2D eigenvalue weighted by molar-refractivity contribution is 5.53. The summed E-state index contributed by atoms with van der Waals surface area (Å²) in [6.45, 7) is 8.41. The molecule has 1 heterocycles. The molecule has 0 unspecified atom stereocenters. The molecule has 0 aliphatic carbocycles. The van der Waals surface area contributed by atoms with Crippen LogP contribution in [0.1, 0.15) is 32.2 Å². The van der Waals surface area contributed by atoms with Gasteiger partial charge in [0.15, 0.2) is 0 Å². The number of hydrogen-bond donors (Lipinski definition) is 0. The van der Waals surface area contributed by atoms with Gasteiger partial charge in [-0.2, -0.15) is 0 Å². The quantitative estimate of drug-likeness (QED) is 0.720. The van der Waals surface area contributed by atoms with Crippen molar-refractivity contribution in [1.29, 1.82) is 0 Å². The normalized spacial score (nSPS) is 11.8. The van der Waals surface area contributed by atoms with E-state index in [-0.39, 0.29) is 5.41 Å². The van der Waals surface area contributed by atoms with Crippen molar-refractivity contribution in [2.45, 2.75) is 33.1 Å². The van der Waals surface area contributed by atoms with Crippen LogP contribution in [0, 0.1) is 6.92 Å². The van der Waals surface area contributed by atoms with E-state index in [1.165, 1.54) is 0 Å². The first-order valence-corrected chi connectivity index (χ1v) is 5.52. The summed E-state index contributed by atoms with van der Waals surface area (Å²) >= 11 is 0. The van der Waals surface area contributed by atoms with Gasteiger partial charge in [-0.3, -0.25) is 0 Å². The number of hydrogen-bond acceptors (Lipinski definition) is 2. The Balaban J connectivity index is 2.47. The molecule has 0 radical (unpaired) electrons. The predicted octanol–water partition coefficient (Wildman–Crippen LogP) is 3.95. The standard InChI is InChI=1S/C14H17NO/c1-10-12(14(2,3)4)15-13(16-10)11-8-6-5-7-9-11/h5-9H,1-4H3. The molecular formula is C14H17NO. The molecule has 0 saturated carbocycles. The molecule has 2 aromatic rings. The third kappa shape index (κ3) is 2.01. The van der Waals surface area contributed by atoms with Crippen molar-refractivity contribution in [2.24, 2.45) is 0 Å². The van der Waals surface area contributed by atoms with Gasteiger partial charge < -0.3 is 4.42 Å². The van der Waals surface area contributed by atoms with Crippen molar-refractivity contribution in [3.05, 3.63) is 41.8 Å². The lowest BCUT2D eigenvalue weighted by molar-refractivity contribution is 0.515. The van der Waals surface area contributed by atoms with Crippen LogP contribution in [0.5, 0.6) is 0 Å². The summed E-state index contributed by atoms with van der Waals surface area (Å²) in [7, 11) is 0. The van der Waals surface area contributed by atoms with E-state index in [2.05, 4.69) is 25.8 Å². The highest BCUT2D eigenvalue weighted by Crippen LogP contribution is 2.29. The Morgan fingerprint density at radius 1 is 1.06 bits per heavy atom. The van der Waals surface area contributed by atoms with Crippen molar-refractivity contribution in [1.82, 2.24) is 4.98 Å². The summed E-state index contributed by atoms with van der Waals surface area (Å²) in [5.41, 5.74) is 2.09. The van der Waals surface area contributed by atoms with Crippen LogP contribution in [0.15, 0.2) is 34.7 Å². The smallest absolute Gasteiger partial charge is 0.226 e. The molecule has 2 rings (SSSR count). The Morgan fingerprint density at radius 2 is 1.69 bits per heavy atom. The van der Waals surface area contributed by atoms with E-state index in [1.54, 1.807) is 0 Å². The lowest BCUT2D eigenvalue weighted by atomic mass is 9.91. The molecule has 0 bridgehead atoms. The van der Waals surface area contributed by atoms with E-state index in [4.69, 9.17) is 4.42 Å². The molecule has 84 valence electrons. The van der Waals surface area contributed by atoms with Crippen molar-refractivity contribution < 1.29 is 4.42 Å². The van der Waals surface area contributed by atoms with E-state index < -0.39 is 0 Å². The number of aromatic nitrogens is 1. The second kappa shape index (κ2) is 3.78. The van der Waals surface area contributed by atoms with Crippen LogP contribution in [0.25, 0.3) is 11.5 Å². The average Bonchev–Trinajstić information content (AvgIpc) is 2.61. The van der Waals surface area contributed by atoms with E-state index in [1.807, 2.05) is 37.3 Å². The topological polar surface area (TPSA) is 26.0 Å². The van der Waals surface area contributed by atoms with Gasteiger partial charge in [-0.15, -0.1) is 0 Å². The summed E-state index contributed by atoms with van der Waals surface area (Å²) in [4.78, 5) is 4.58. The van der Waals surface area contributed by atoms with Crippen LogP contribution < -0.4 is 0 Å². The van der Waals surface area contributed by atoms with Crippen molar-refractivity contribution in [2.75, 3.05) is 0 Å². The fraction of sp³-hybridized carbons (Fsp3) is 0.357. The second-order valence-corrected chi connectivity index (χ2v) is 5.04. The van der Waals surface area contributed by atoms with E-state index in [9.17, 15) is 0 Å². The Kier molecular flexibility index (Phi) is 2.58. The minimum atomic E-state index is 0.0284. The zero-order valence-corrected chi connectivity index (χ0v) is 10.2. The van der Waals surface area contributed by atoms with Crippen LogP contribution in [-0.2, 0) is 5.41 Å². The molecule has 0 spiro atoms. The maximum Gasteiger partial charge on any atom is 0.226 e. The first-order valence-electron chi connectivity index (χ1n) is 5.52. The lowest BCUT2D eigenvalue weighted by Gasteiger charge is -2.14. The van der Waals surface area contributed by atoms with Gasteiger partial charge in [0.05, 0.1) is 5.69 Å². The highest BCUT2D eigenvalue weighted by Gasteiger charge is 2.22. The van der Waals surface area contributed by atoms with E-state index >= 15 is 0 Å². The van der Waals surface area contributed by atoms with Crippen molar-refractivity contribution >= 4 is 0 Å². The lowest BCUT2D eigenvalue weighted by Crippen LogP contribution is -2.12. The Labute approximate surface area is 96.3 Å². The number of aryl methyl sites for hydroxylation is 1. The molecule has 1 aromatic heterocycles. The van der Waals surface area contributed by atoms with Crippen LogP contribution in [0.3, 0.4) is 0 Å². The zero-order chi connectivity index (χ0) is 11.8. The van der Waals surface area contributed by atoms with Gasteiger partial charge in [0, 0.05) is 11.0 Å². The Bertz CT molecular complexity index is 477. The molecule has 0 fully saturated rings. The molecule has 0 aliphatic heterocycles. The van der Waals surface area contributed by atoms with Crippen LogP contribution in [-0.4, -0.2) is 4.98 Å². The molecule has 2 heteroatoms. The maximum atomic E-state index is 5.72. The number of nitrogens with zero attached hydrogens (tertiary/aromatic N) is 1. The summed E-state index contributed by atoms with van der Waals surface area (Å²) in [6, 6.07) is 10.00. The molecule has 2 nitrogen and oxygen atoms in total. The molecular weight excluding hydrogens is 198 g/mol. The SMILES string of the molecule is Cc1oc(-c2ccccc2)nc1C(C)(C)C. The largest absolute Gasteiger partial charge is 0.441 e. The van der Waals surface area contributed by atoms with Gasteiger partial charge in [0.1, 0.15) is 5.76 Å². The monoisotopic (exact) mass is 215 g/mol. The summed E-state index contributed by atoms with van der Waals surface area (Å²) in [5, 5.41) is 0. The molecule has 0 atom stereocenters. The zero-order valence-electron chi connectivity index (χ0n) is 10.2. The van der Waals surface area contributed by atoms with Crippen molar-refractivity contribution in [3.63, 3.8) is 0 Å². The number of oxazole rings is 1. The average molecular weight is 215 g/mol. The second-order valence-electron chi connectivity index (χ2n) is 5.04. The summed E-state index contributed by atoms with van der Waals surface area (Å²) < 4.78 is 5.72. The first-order chi connectivity index (χ1) is 7.48. The van der Waals surface area contributed by atoms with Gasteiger partial charge in [-0.25, -0.2) is 4.98 Å². The molecule has 0 aliphatic rings. The third-order valence-corrected chi connectivity index (χ3v) is 2.53. The van der Waals surface area contributed by atoms with Gasteiger partial charge in [0.25, 0.3) is 0 Å². The van der Waals surface area contributed by atoms with Crippen LogP contribution in [0.4, 0.5) is 0 Å². The maximum absolute atomic E-state index is 5.72. The van der Waals surface area contributed by atoms with E-state index in [0.717, 1.165) is 17.0 Å². The molecule has 0 saturated heterocycles.